The average molecular weight is 251 g/mol. The number of carboxylic acids is 1. The van der Waals surface area contributed by atoms with Crippen molar-refractivity contribution in [2.75, 3.05) is 13.1 Å². The number of carboxylic acid groups (broad SMARTS) is 1. The molecule has 0 radical (unpaired) electrons. The van der Waals surface area contributed by atoms with Crippen molar-refractivity contribution in [3.05, 3.63) is 28.1 Å². The summed E-state index contributed by atoms with van der Waals surface area (Å²) in [4.78, 5) is 35.4. The van der Waals surface area contributed by atoms with Crippen molar-refractivity contribution >= 4 is 17.6 Å². The van der Waals surface area contributed by atoms with Gasteiger partial charge < -0.3 is 15.0 Å². The van der Waals surface area contributed by atoms with Crippen LogP contribution in [-0.2, 0) is 4.79 Å². The van der Waals surface area contributed by atoms with E-state index in [0.29, 0.717) is 0 Å². The van der Waals surface area contributed by atoms with E-state index < -0.39 is 23.3 Å². The molecule has 1 aromatic heterocycles. The monoisotopic (exact) mass is 251 g/mol. The molecule has 0 aromatic carbocycles. The van der Waals surface area contributed by atoms with Crippen LogP contribution in [0.15, 0.2) is 12.3 Å². The van der Waals surface area contributed by atoms with Gasteiger partial charge >= 0.3 is 5.97 Å². The zero-order valence-corrected chi connectivity index (χ0v) is 9.12. The Hall–Kier alpha value is -2.82. The quantitative estimate of drug-likeness (QED) is 0.436. The second-order valence-electron chi connectivity index (χ2n) is 3.29. The van der Waals surface area contributed by atoms with Gasteiger partial charge in [-0.15, -0.1) is 6.42 Å². The predicted octanol–water partition coefficient (Wildman–Crippen LogP) is 0.0829. The smallest absolute Gasteiger partial charge is 0.323 e. The van der Waals surface area contributed by atoms with E-state index in [2.05, 4.69) is 10.9 Å². The van der Waals surface area contributed by atoms with Gasteiger partial charge in [-0.3, -0.25) is 19.7 Å². The number of terminal acetylenes is 1. The molecular formula is C10H9N3O5. The van der Waals surface area contributed by atoms with E-state index in [1.807, 2.05) is 0 Å². The van der Waals surface area contributed by atoms with Crippen LogP contribution in [0, 0.1) is 22.5 Å². The molecule has 1 aromatic rings. The molecule has 18 heavy (non-hydrogen) atoms. The predicted molar refractivity (Wildman–Crippen MR) is 59.8 cm³/mol. The molecule has 2 N–H and O–H groups in total. The maximum Gasteiger partial charge on any atom is 0.323 e. The second kappa shape index (κ2) is 5.49. The van der Waals surface area contributed by atoms with Gasteiger partial charge in [-0.05, 0) is 0 Å². The molecule has 1 rings (SSSR count). The topological polar surface area (TPSA) is 117 Å². The normalized spacial score (nSPS) is 9.50. The van der Waals surface area contributed by atoms with Gasteiger partial charge in [-0.1, -0.05) is 5.92 Å². The summed E-state index contributed by atoms with van der Waals surface area (Å²) in [6.07, 6.45) is 6.06. The van der Waals surface area contributed by atoms with E-state index in [-0.39, 0.29) is 17.9 Å². The molecule has 0 atom stereocenters. The Morgan fingerprint density at radius 3 is 2.72 bits per heavy atom. The fourth-order valence-electron chi connectivity index (χ4n) is 1.26. The number of nitrogens with zero attached hydrogens (tertiary/aromatic N) is 2. The van der Waals surface area contributed by atoms with Crippen molar-refractivity contribution in [2.24, 2.45) is 0 Å². The molecule has 0 unspecified atom stereocenters. The SMILES string of the molecule is C#CCN(CC(=O)O)C(=O)c1cc([N+](=O)[O-])c[nH]1. The Morgan fingerprint density at radius 1 is 1.61 bits per heavy atom. The van der Waals surface area contributed by atoms with E-state index in [9.17, 15) is 19.7 Å². The van der Waals surface area contributed by atoms with Crippen molar-refractivity contribution in [3.63, 3.8) is 0 Å². The molecule has 8 heteroatoms. The number of carbonyl (C=O) groups excluding carboxylic acids is 1. The third-order valence-electron chi connectivity index (χ3n) is 2.00. The zero-order valence-electron chi connectivity index (χ0n) is 9.12. The van der Waals surface area contributed by atoms with Gasteiger partial charge in [0.05, 0.1) is 17.7 Å². The second-order valence-corrected chi connectivity index (χ2v) is 3.29. The molecule has 94 valence electrons. The van der Waals surface area contributed by atoms with Crippen molar-refractivity contribution < 1.29 is 19.6 Å². The van der Waals surface area contributed by atoms with Gasteiger partial charge in [0.2, 0.25) is 0 Å². The van der Waals surface area contributed by atoms with E-state index in [1.54, 1.807) is 0 Å². The molecule has 8 nitrogen and oxygen atoms in total. The molecule has 0 saturated heterocycles. The van der Waals surface area contributed by atoms with Crippen molar-refractivity contribution in [1.82, 2.24) is 9.88 Å². The summed E-state index contributed by atoms with van der Waals surface area (Å²) >= 11 is 0. The lowest BCUT2D eigenvalue weighted by Gasteiger charge is -2.16. The number of aliphatic carboxylic acids is 1. The third kappa shape index (κ3) is 3.08. The first-order valence-corrected chi connectivity index (χ1v) is 4.73. The van der Waals surface area contributed by atoms with Gasteiger partial charge in [-0.2, -0.15) is 0 Å². The number of nitro groups is 1. The molecule has 0 bridgehead atoms. The molecule has 1 heterocycles. The first kappa shape index (κ1) is 13.2. The fraction of sp³-hybridized carbons (Fsp3) is 0.200. The third-order valence-corrected chi connectivity index (χ3v) is 2.00. The van der Waals surface area contributed by atoms with Crippen LogP contribution < -0.4 is 0 Å². The minimum atomic E-state index is -1.22. The number of hydrogen-bond donors (Lipinski definition) is 2. The Balaban J connectivity index is 2.91. The average Bonchev–Trinajstić information content (AvgIpc) is 2.76. The van der Waals surface area contributed by atoms with Crippen molar-refractivity contribution in [2.45, 2.75) is 0 Å². The standard InChI is InChI=1S/C10H9N3O5/c1-2-3-12(6-9(14)15)10(16)8-4-7(5-11-8)13(17)18/h1,4-5,11H,3,6H2,(H,14,15). The lowest BCUT2D eigenvalue weighted by atomic mass is 10.3. The first-order chi connectivity index (χ1) is 8.45. The number of aromatic nitrogens is 1. The van der Waals surface area contributed by atoms with Crippen molar-refractivity contribution in [1.29, 1.82) is 0 Å². The highest BCUT2D eigenvalue weighted by atomic mass is 16.6. The summed E-state index contributed by atoms with van der Waals surface area (Å²) < 4.78 is 0. The van der Waals surface area contributed by atoms with Crippen LogP contribution in [0.4, 0.5) is 5.69 Å². The maximum absolute atomic E-state index is 11.8. The summed E-state index contributed by atoms with van der Waals surface area (Å²) in [5, 5.41) is 19.1. The van der Waals surface area contributed by atoms with Gasteiger partial charge in [0, 0.05) is 6.07 Å². The lowest BCUT2D eigenvalue weighted by molar-refractivity contribution is -0.384. The molecule has 0 fully saturated rings. The van der Waals surface area contributed by atoms with Crippen LogP contribution in [0.3, 0.4) is 0 Å². The Kier molecular flexibility index (Phi) is 4.04. The lowest BCUT2D eigenvalue weighted by Crippen LogP contribution is -2.36. The molecule has 0 aliphatic rings. The van der Waals surface area contributed by atoms with Crippen LogP contribution in [0.5, 0.6) is 0 Å². The van der Waals surface area contributed by atoms with E-state index in [1.165, 1.54) is 0 Å². The van der Waals surface area contributed by atoms with Crippen LogP contribution >= 0.6 is 0 Å². The van der Waals surface area contributed by atoms with Gasteiger partial charge in [0.15, 0.2) is 0 Å². The largest absolute Gasteiger partial charge is 0.480 e. The van der Waals surface area contributed by atoms with E-state index in [4.69, 9.17) is 11.5 Å². The van der Waals surface area contributed by atoms with Crippen LogP contribution in [0.2, 0.25) is 0 Å². The maximum atomic E-state index is 11.8. The van der Waals surface area contributed by atoms with Gasteiger partial charge in [0.25, 0.3) is 11.6 Å². The number of hydrogen-bond acceptors (Lipinski definition) is 4. The minimum Gasteiger partial charge on any atom is -0.480 e. The number of rotatable bonds is 5. The highest BCUT2D eigenvalue weighted by molar-refractivity contribution is 5.95. The summed E-state index contributed by atoms with van der Waals surface area (Å²) in [6, 6.07) is 1.02. The molecule has 0 spiro atoms. The van der Waals surface area contributed by atoms with Crippen LogP contribution in [-0.4, -0.2) is 44.9 Å². The summed E-state index contributed by atoms with van der Waals surface area (Å²) in [7, 11) is 0. The zero-order chi connectivity index (χ0) is 13.7. The molecule has 0 saturated carbocycles. The Bertz CT molecular complexity index is 528. The molecule has 0 aliphatic heterocycles. The van der Waals surface area contributed by atoms with Crippen LogP contribution in [0.1, 0.15) is 10.5 Å². The van der Waals surface area contributed by atoms with Crippen molar-refractivity contribution in [3.8, 4) is 12.3 Å². The Morgan fingerprint density at radius 2 is 2.28 bits per heavy atom. The molecule has 0 aliphatic carbocycles. The number of amides is 1. The number of carbonyl (C=O) groups is 2. The minimum absolute atomic E-state index is 0.0850. The molecular weight excluding hydrogens is 242 g/mol. The van der Waals surface area contributed by atoms with Crippen LogP contribution in [0.25, 0.3) is 0 Å². The highest BCUT2D eigenvalue weighted by Gasteiger charge is 2.21. The van der Waals surface area contributed by atoms with Gasteiger partial charge in [0.1, 0.15) is 12.2 Å². The number of H-pyrrole nitrogens is 1. The van der Waals surface area contributed by atoms with E-state index in [0.717, 1.165) is 17.2 Å². The van der Waals surface area contributed by atoms with Gasteiger partial charge in [-0.25, -0.2) is 0 Å². The first-order valence-electron chi connectivity index (χ1n) is 4.73. The number of nitrogens with one attached hydrogen (secondary N) is 1. The fourth-order valence-corrected chi connectivity index (χ4v) is 1.26. The summed E-state index contributed by atoms with van der Waals surface area (Å²) in [5.74, 6) is 0.220. The van der Waals surface area contributed by atoms with E-state index >= 15 is 0 Å². The molecule has 1 amide bonds. The highest BCUT2D eigenvalue weighted by Crippen LogP contribution is 2.13. The summed E-state index contributed by atoms with van der Waals surface area (Å²) in [5.41, 5.74) is -0.368. The Labute approximate surface area is 101 Å². The summed E-state index contributed by atoms with van der Waals surface area (Å²) in [6.45, 7) is -0.770. The number of aromatic amines is 1.